The van der Waals surface area contributed by atoms with Crippen LogP contribution in [-0.2, 0) is 9.59 Å². The monoisotopic (exact) mass is 346 g/mol. The number of carboxylic acid groups (broad SMARTS) is 1. The van der Waals surface area contributed by atoms with Crippen molar-refractivity contribution in [2.75, 3.05) is 13.1 Å². The van der Waals surface area contributed by atoms with E-state index in [1.165, 1.54) is 0 Å². The lowest BCUT2D eigenvalue weighted by molar-refractivity contribution is -0.142. The number of likely N-dealkylation sites (tertiary alicyclic amines) is 1. The SMILES string of the molecule is CCC(NC(=O)C1CCCN(C(=O)c2cc(C)cc(C)c2)C1)C(=O)O. The third-order valence-electron chi connectivity index (χ3n) is 4.57. The zero-order chi connectivity index (χ0) is 18.6. The topological polar surface area (TPSA) is 86.7 Å². The molecule has 2 rings (SSSR count). The largest absolute Gasteiger partial charge is 0.480 e. The van der Waals surface area contributed by atoms with Crippen molar-refractivity contribution in [3.63, 3.8) is 0 Å². The lowest BCUT2D eigenvalue weighted by Crippen LogP contribution is -2.49. The van der Waals surface area contributed by atoms with E-state index in [0.29, 0.717) is 31.5 Å². The Bertz CT molecular complexity index is 651. The van der Waals surface area contributed by atoms with Crippen LogP contribution in [0.15, 0.2) is 18.2 Å². The van der Waals surface area contributed by atoms with E-state index in [-0.39, 0.29) is 17.7 Å². The van der Waals surface area contributed by atoms with Gasteiger partial charge in [0.25, 0.3) is 5.91 Å². The molecule has 1 aliphatic rings. The van der Waals surface area contributed by atoms with E-state index in [2.05, 4.69) is 5.32 Å². The minimum absolute atomic E-state index is 0.0745. The molecule has 0 aromatic heterocycles. The highest BCUT2D eigenvalue weighted by atomic mass is 16.4. The van der Waals surface area contributed by atoms with Crippen molar-refractivity contribution in [3.8, 4) is 0 Å². The number of carbonyl (C=O) groups excluding carboxylic acids is 2. The van der Waals surface area contributed by atoms with Crippen LogP contribution in [0.2, 0.25) is 0 Å². The quantitative estimate of drug-likeness (QED) is 0.855. The van der Waals surface area contributed by atoms with Gasteiger partial charge in [0.1, 0.15) is 6.04 Å². The Morgan fingerprint density at radius 3 is 2.44 bits per heavy atom. The molecular weight excluding hydrogens is 320 g/mol. The van der Waals surface area contributed by atoms with E-state index < -0.39 is 12.0 Å². The number of nitrogens with one attached hydrogen (secondary N) is 1. The van der Waals surface area contributed by atoms with Gasteiger partial charge >= 0.3 is 5.97 Å². The van der Waals surface area contributed by atoms with Crippen molar-refractivity contribution in [1.29, 1.82) is 0 Å². The minimum atomic E-state index is -1.03. The average Bonchev–Trinajstić information content (AvgIpc) is 2.57. The molecule has 6 heteroatoms. The number of benzene rings is 1. The van der Waals surface area contributed by atoms with Gasteiger partial charge in [-0.1, -0.05) is 24.1 Å². The maximum atomic E-state index is 12.8. The number of carboxylic acids is 1. The summed E-state index contributed by atoms with van der Waals surface area (Å²) in [6.45, 7) is 6.56. The molecule has 1 saturated heterocycles. The molecule has 0 saturated carbocycles. The molecular formula is C19H26N2O4. The molecule has 1 fully saturated rings. The van der Waals surface area contributed by atoms with Gasteiger partial charge in [0.05, 0.1) is 5.92 Å². The van der Waals surface area contributed by atoms with Gasteiger partial charge in [0, 0.05) is 18.7 Å². The second-order valence-electron chi connectivity index (χ2n) is 6.77. The Kier molecular flexibility index (Phi) is 6.17. The highest BCUT2D eigenvalue weighted by molar-refractivity contribution is 5.95. The molecule has 0 spiro atoms. The third-order valence-corrected chi connectivity index (χ3v) is 4.57. The average molecular weight is 346 g/mol. The predicted octanol–water partition coefficient (Wildman–Crippen LogP) is 2.14. The van der Waals surface area contributed by atoms with Crippen molar-refractivity contribution in [2.24, 2.45) is 5.92 Å². The highest BCUT2D eigenvalue weighted by Gasteiger charge is 2.30. The molecule has 1 aliphatic heterocycles. The molecule has 1 aromatic rings. The Morgan fingerprint density at radius 2 is 1.88 bits per heavy atom. The molecule has 0 aliphatic carbocycles. The summed E-state index contributed by atoms with van der Waals surface area (Å²) in [6, 6.07) is 4.85. The second kappa shape index (κ2) is 8.14. The number of hydrogen-bond acceptors (Lipinski definition) is 3. The van der Waals surface area contributed by atoms with Crippen LogP contribution < -0.4 is 5.32 Å². The standard InChI is InChI=1S/C19H26N2O4/c1-4-16(19(24)25)20-17(22)14-6-5-7-21(11-14)18(23)15-9-12(2)8-13(3)10-15/h8-10,14,16H,4-7,11H2,1-3H3,(H,20,22)(H,24,25). The van der Waals surface area contributed by atoms with Crippen molar-refractivity contribution in [2.45, 2.75) is 46.1 Å². The van der Waals surface area contributed by atoms with Gasteiger partial charge in [-0.2, -0.15) is 0 Å². The second-order valence-corrected chi connectivity index (χ2v) is 6.77. The third kappa shape index (κ3) is 4.81. The maximum Gasteiger partial charge on any atom is 0.326 e. The number of rotatable bonds is 5. The predicted molar refractivity (Wildman–Crippen MR) is 94.4 cm³/mol. The lowest BCUT2D eigenvalue weighted by atomic mass is 9.95. The first-order valence-electron chi connectivity index (χ1n) is 8.72. The van der Waals surface area contributed by atoms with Gasteiger partial charge < -0.3 is 15.3 Å². The van der Waals surface area contributed by atoms with E-state index in [0.717, 1.165) is 17.5 Å². The molecule has 2 unspecified atom stereocenters. The molecule has 6 nitrogen and oxygen atoms in total. The molecule has 0 bridgehead atoms. The van der Waals surface area contributed by atoms with E-state index in [9.17, 15) is 14.4 Å². The summed E-state index contributed by atoms with van der Waals surface area (Å²) in [7, 11) is 0. The molecule has 136 valence electrons. The van der Waals surface area contributed by atoms with Gasteiger partial charge in [-0.25, -0.2) is 4.79 Å². The molecule has 2 atom stereocenters. The first-order valence-corrected chi connectivity index (χ1v) is 8.72. The molecule has 0 radical (unpaired) electrons. The molecule has 2 amide bonds. The Labute approximate surface area is 148 Å². The number of hydrogen-bond donors (Lipinski definition) is 2. The number of aliphatic carboxylic acids is 1. The number of piperidine rings is 1. The van der Waals surface area contributed by atoms with Gasteiger partial charge in [-0.3, -0.25) is 9.59 Å². The normalized spacial score (nSPS) is 18.5. The summed E-state index contributed by atoms with van der Waals surface area (Å²) < 4.78 is 0. The zero-order valence-electron chi connectivity index (χ0n) is 15.0. The van der Waals surface area contributed by atoms with Crippen molar-refractivity contribution in [1.82, 2.24) is 10.2 Å². The summed E-state index contributed by atoms with van der Waals surface area (Å²) >= 11 is 0. The smallest absolute Gasteiger partial charge is 0.326 e. The fraction of sp³-hybridized carbons (Fsp3) is 0.526. The van der Waals surface area contributed by atoms with E-state index >= 15 is 0 Å². The first-order chi connectivity index (χ1) is 11.8. The van der Waals surface area contributed by atoms with Crippen LogP contribution in [0.1, 0.15) is 47.7 Å². The highest BCUT2D eigenvalue weighted by Crippen LogP contribution is 2.20. The van der Waals surface area contributed by atoms with Crippen LogP contribution in [0.3, 0.4) is 0 Å². The van der Waals surface area contributed by atoms with Crippen LogP contribution in [0, 0.1) is 19.8 Å². The summed E-state index contributed by atoms with van der Waals surface area (Å²) in [5.74, 6) is -1.76. The van der Waals surface area contributed by atoms with Gasteiger partial charge in [0.15, 0.2) is 0 Å². The summed E-state index contributed by atoms with van der Waals surface area (Å²) in [5.41, 5.74) is 2.69. The number of aryl methyl sites for hydroxylation is 2. The minimum Gasteiger partial charge on any atom is -0.480 e. The Hall–Kier alpha value is -2.37. The van der Waals surface area contributed by atoms with Crippen LogP contribution in [0.4, 0.5) is 0 Å². The molecule has 25 heavy (non-hydrogen) atoms. The number of carbonyl (C=O) groups is 3. The van der Waals surface area contributed by atoms with E-state index in [1.54, 1.807) is 11.8 Å². The zero-order valence-corrected chi connectivity index (χ0v) is 15.0. The number of amides is 2. The van der Waals surface area contributed by atoms with Crippen LogP contribution in [-0.4, -0.2) is 46.9 Å². The molecule has 2 N–H and O–H groups in total. The lowest BCUT2D eigenvalue weighted by Gasteiger charge is -2.32. The Morgan fingerprint density at radius 1 is 1.24 bits per heavy atom. The number of nitrogens with zero attached hydrogens (tertiary/aromatic N) is 1. The van der Waals surface area contributed by atoms with Gasteiger partial charge in [-0.05, 0) is 45.2 Å². The maximum absolute atomic E-state index is 12.8. The van der Waals surface area contributed by atoms with E-state index in [4.69, 9.17) is 5.11 Å². The van der Waals surface area contributed by atoms with Crippen molar-refractivity contribution >= 4 is 17.8 Å². The molecule has 1 aromatic carbocycles. The van der Waals surface area contributed by atoms with E-state index in [1.807, 2.05) is 32.0 Å². The molecule has 1 heterocycles. The van der Waals surface area contributed by atoms with Crippen molar-refractivity contribution < 1.29 is 19.5 Å². The van der Waals surface area contributed by atoms with Gasteiger partial charge in [0.2, 0.25) is 5.91 Å². The van der Waals surface area contributed by atoms with Crippen molar-refractivity contribution in [3.05, 3.63) is 34.9 Å². The van der Waals surface area contributed by atoms with Crippen LogP contribution in [0.25, 0.3) is 0 Å². The first kappa shape index (κ1) is 19.0. The summed E-state index contributed by atoms with van der Waals surface area (Å²) in [4.78, 5) is 37.9. The van der Waals surface area contributed by atoms with Crippen LogP contribution in [0.5, 0.6) is 0 Å². The fourth-order valence-electron chi connectivity index (χ4n) is 3.28. The fourth-order valence-corrected chi connectivity index (χ4v) is 3.28. The van der Waals surface area contributed by atoms with Gasteiger partial charge in [-0.15, -0.1) is 0 Å². The summed E-state index contributed by atoms with van der Waals surface area (Å²) in [5, 5.41) is 11.7. The Balaban J connectivity index is 2.05. The van der Waals surface area contributed by atoms with Crippen LogP contribution >= 0.6 is 0 Å². The summed E-state index contributed by atoms with van der Waals surface area (Å²) in [6.07, 6.45) is 1.73.